The number of benzene rings is 1. The Morgan fingerprint density at radius 3 is 2.53 bits per heavy atom. The number of ether oxygens (including phenoxy) is 1. The van der Waals surface area contributed by atoms with Crippen LogP contribution >= 0.6 is 11.6 Å². The average molecular weight is 255 g/mol. The third-order valence-corrected chi connectivity index (χ3v) is 2.81. The molecule has 0 saturated carbocycles. The predicted octanol–water partition coefficient (Wildman–Crippen LogP) is 3.90. The van der Waals surface area contributed by atoms with E-state index in [1.165, 1.54) is 0 Å². The van der Waals surface area contributed by atoms with Gasteiger partial charge in [0.1, 0.15) is 5.75 Å². The van der Waals surface area contributed by atoms with Crippen LogP contribution in [0.2, 0.25) is 0 Å². The number of carbonyl (C=O) groups excluding carboxylic acids is 1. The molecule has 0 saturated heterocycles. The normalized spacial score (nSPS) is 12.3. The first-order valence-corrected chi connectivity index (χ1v) is 6.33. The molecule has 0 amide bonds. The molecule has 1 rings (SSSR count). The van der Waals surface area contributed by atoms with E-state index in [0.29, 0.717) is 12.2 Å². The molecule has 0 aromatic heterocycles. The molecule has 1 aromatic rings. The summed E-state index contributed by atoms with van der Waals surface area (Å²) in [5, 5.41) is -0.490. The van der Waals surface area contributed by atoms with Crippen molar-refractivity contribution in [3.8, 4) is 5.75 Å². The van der Waals surface area contributed by atoms with Gasteiger partial charge < -0.3 is 4.74 Å². The fourth-order valence-corrected chi connectivity index (χ4v) is 1.75. The van der Waals surface area contributed by atoms with Gasteiger partial charge in [-0.3, -0.25) is 4.79 Å². The molecule has 0 N–H and O–H groups in total. The lowest BCUT2D eigenvalue weighted by atomic mass is 9.99. The van der Waals surface area contributed by atoms with Gasteiger partial charge in [-0.1, -0.05) is 6.92 Å². The van der Waals surface area contributed by atoms with Crippen molar-refractivity contribution in [2.24, 2.45) is 0 Å². The predicted molar refractivity (Wildman–Crippen MR) is 71.3 cm³/mol. The summed E-state index contributed by atoms with van der Waals surface area (Å²) in [4.78, 5) is 11.9. The zero-order valence-electron chi connectivity index (χ0n) is 10.8. The Morgan fingerprint density at radius 2 is 2.00 bits per heavy atom. The molecule has 94 valence electrons. The summed E-state index contributed by atoms with van der Waals surface area (Å²) >= 11 is 5.83. The number of halogens is 1. The van der Waals surface area contributed by atoms with Gasteiger partial charge in [-0.2, -0.15) is 0 Å². The Hall–Kier alpha value is -1.02. The summed E-state index contributed by atoms with van der Waals surface area (Å²) in [6.45, 7) is 8.31. The van der Waals surface area contributed by atoms with Crippen LogP contribution in [0.15, 0.2) is 12.1 Å². The third kappa shape index (κ3) is 3.47. The Bertz CT molecular complexity index is 411. The largest absolute Gasteiger partial charge is 0.493 e. The van der Waals surface area contributed by atoms with Gasteiger partial charge in [-0.25, -0.2) is 0 Å². The van der Waals surface area contributed by atoms with Crippen molar-refractivity contribution in [2.45, 2.75) is 39.5 Å². The lowest BCUT2D eigenvalue weighted by Gasteiger charge is -2.13. The van der Waals surface area contributed by atoms with Gasteiger partial charge in [0.25, 0.3) is 0 Å². The number of aryl methyl sites for hydroxylation is 2. The van der Waals surface area contributed by atoms with Crippen LogP contribution in [-0.4, -0.2) is 17.8 Å². The molecule has 3 heteroatoms. The molecule has 1 aromatic carbocycles. The molecule has 0 fully saturated rings. The molecule has 0 heterocycles. The monoisotopic (exact) mass is 254 g/mol. The molecule has 0 bridgehead atoms. The summed E-state index contributed by atoms with van der Waals surface area (Å²) in [6, 6.07) is 3.78. The number of alkyl halides is 1. The summed E-state index contributed by atoms with van der Waals surface area (Å²) in [7, 11) is 0. The Morgan fingerprint density at radius 1 is 1.35 bits per heavy atom. The van der Waals surface area contributed by atoms with Crippen LogP contribution in [-0.2, 0) is 0 Å². The molecule has 0 spiro atoms. The van der Waals surface area contributed by atoms with Crippen LogP contribution in [0.25, 0.3) is 0 Å². The maximum Gasteiger partial charge on any atom is 0.180 e. The van der Waals surface area contributed by atoms with Crippen molar-refractivity contribution in [1.29, 1.82) is 0 Å². The SMILES string of the molecule is CCCOc1cc(C)c(C(=O)C(C)Cl)cc1C. The minimum atomic E-state index is -0.490. The topological polar surface area (TPSA) is 26.3 Å². The van der Waals surface area contributed by atoms with E-state index in [4.69, 9.17) is 16.3 Å². The van der Waals surface area contributed by atoms with Crippen molar-refractivity contribution in [1.82, 2.24) is 0 Å². The van der Waals surface area contributed by atoms with E-state index in [9.17, 15) is 4.79 Å². The van der Waals surface area contributed by atoms with E-state index in [-0.39, 0.29) is 5.78 Å². The molecule has 17 heavy (non-hydrogen) atoms. The lowest BCUT2D eigenvalue weighted by molar-refractivity contribution is 0.0991. The van der Waals surface area contributed by atoms with Crippen molar-refractivity contribution in [3.05, 3.63) is 28.8 Å². The van der Waals surface area contributed by atoms with E-state index >= 15 is 0 Å². The molecule has 0 aliphatic heterocycles. The number of hydrogen-bond acceptors (Lipinski definition) is 2. The highest BCUT2D eigenvalue weighted by atomic mass is 35.5. The number of hydrogen-bond donors (Lipinski definition) is 0. The van der Waals surface area contributed by atoms with Crippen LogP contribution in [0.3, 0.4) is 0 Å². The Balaban J connectivity index is 3.05. The first-order valence-electron chi connectivity index (χ1n) is 5.89. The van der Waals surface area contributed by atoms with E-state index in [0.717, 1.165) is 23.3 Å². The van der Waals surface area contributed by atoms with Gasteiger partial charge in [0.05, 0.1) is 12.0 Å². The van der Waals surface area contributed by atoms with E-state index < -0.39 is 5.38 Å². The average Bonchev–Trinajstić information content (AvgIpc) is 2.28. The third-order valence-electron chi connectivity index (χ3n) is 2.61. The second kappa shape index (κ2) is 6.06. The smallest absolute Gasteiger partial charge is 0.180 e. The number of Topliss-reactive ketones (excluding diaryl/α,β-unsaturated/α-hetero) is 1. The summed E-state index contributed by atoms with van der Waals surface area (Å²) < 4.78 is 5.62. The highest BCUT2D eigenvalue weighted by Gasteiger charge is 2.16. The molecule has 0 aliphatic carbocycles. The van der Waals surface area contributed by atoms with Gasteiger partial charge in [-0.05, 0) is 50.5 Å². The maximum atomic E-state index is 11.9. The molecule has 0 radical (unpaired) electrons. The number of rotatable bonds is 5. The van der Waals surface area contributed by atoms with E-state index in [1.807, 2.05) is 26.0 Å². The highest BCUT2D eigenvalue weighted by Crippen LogP contribution is 2.24. The van der Waals surface area contributed by atoms with Crippen LogP contribution in [0.4, 0.5) is 0 Å². The second-order valence-corrected chi connectivity index (χ2v) is 4.92. The first-order chi connectivity index (χ1) is 7.97. The van der Waals surface area contributed by atoms with Crippen LogP contribution in [0.1, 0.15) is 41.8 Å². The minimum Gasteiger partial charge on any atom is -0.493 e. The number of ketones is 1. The summed E-state index contributed by atoms with van der Waals surface area (Å²) in [5.41, 5.74) is 2.58. The van der Waals surface area contributed by atoms with Gasteiger partial charge >= 0.3 is 0 Å². The minimum absolute atomic E-state index is 0.0330. The standard InChI is InChI=1S/C14H19ClO2/c1-5-6-17-13-8-9(2)12(7-10(13)3)14(16)11(4)15/h7-8,11H,5-6H2,1-4H3. The van der Waals surface area contributed by atoms with Crippen LogP contribution in [0.5, 0.6) is 5.75 Å². The van der Waals surface area contributed by atoms with E-state index in [2.05, 4.69) is 6.92 Å². The van der Waals surface area contributed by atoms with Gasteiger partial charge in [0.2, 0.25) is 0 Å². The zero-order chi connectivity index (χ0) is 13.0. The Kier molecular flexibility index (Phi) is 5.01. The zero-order valence-corrected chi connectivity index (χ0v) is 11.6. The van der Waals surface area contributed by atoms with E-state index in [1.54, 1.807) is 6.92 Å². The fourth-order valence-electron chi connectivity index (χ4n) is 1.64. The van der Waals surface area contributed by atoms with Gasteiger partial charge in [0, 0.05) is 5.56 Å². The summed E-state index contributed by atoms with van der Waals surface area (Å²) in [6.07, 6.45) is 0.970. The molecule has 2 nitrogen and oxygen atoms in total. The highest BCUT2D eigenvalue weighted by molar-refractivity contribution is 6.33. The number of carbonyl (C=O) groups is 1. The Labute approximate surface area is 108 Å². The fraction of sp³-hybridized carbons (Fsp3) is 0.500. The van der Waals surface area contributed by atoms with Crippen molar-refractivity contribution < 1.29 is 9.53 Å². The first kappa shape index (κ1) is 14.0. The van der Waals surface area contributed by atoms with Gasteiger partial charge in [-0.15, -0.1) is 11.6 Å². The molecular weight excluding hydrogens is 236 g/mol. The molecular formula is C14H19ClO2. The second-order valence-electron chi connectivity index (χ2n) is 4.26. The van der Waals surface area contributed by atoms with Gasteiger partial charge in [0.15, 0.2) is 5.78 Å². The van der Waals surface area contributed by atoms with Crippen molar-refractivity contribution in [2.75, 3.05) is 6.61 Å². The summed E-state index contributed by atoms with van der Waals surface area (Å²) in [5.74, 6) is 0.817. The van der Waals surface area contributed by atoms with Crippen LogP contribution in [0, 0.1) is 13.8 Å². The van der Waals surface area contributed by atoms with Crippen molar-refractivity contribution >= 4 is 17.4 Å². The quantitative estimate of drug-likeness (QED) is 0.588. The van der Waals surface area contributed by atoms with Crippen molar-refractivity contribution in [3.63, 3.8) is 0 Å². The molecule has 1 unspecified atom stereocenters. The maximum absolute atomic E-state index is 11.9. The molecule has 1 atom stereocenters. The van der Waals surface area contributed by atoms with Crippen LogP contribution < -0.4 is 4.74 Å². The lowest BCUT2D eigenvalue weighted by Crippen LogP contribution is -2.12. The molecule has 0 aliphatic rings.